The standard InChI is InChI=1S/C15H17ClN2O2S/c1-8-9(2)21-15(18-8)13(17-3)10-6-11(16)14-12(7-10)19-4-5-20-14/h6-7,13,17H,4-5H2,1-3H3. The SMILES string of the molecule is CNC(c1cc(Cl)c2c(c1)OCCO2)c1nc(C)c(C)s1. The second-order valence-electron chi connectivity index (χ2n) is 4.94. The van der Waals surface area contributed by atoms with E-state index in [0.717, 1.165) is 16.3 Å². The van der Waals surface area contributed by atoms with E-state index in [1.165, 1.54) is 4.88 Å². The Bertz CT molecular complexity index is 652. The summed E-state index contributed by atoms with van der Waals surface area (Å²) in [4.78, 5) is 5.87. The molecule has 1 aromatic carbocycles. The molecule has 1 atom stereocenters. The van der Waals surface area contributed by atoms with Crippen LogP contribution in [0.25, 0.3) is 0 Å². The normalized spacial score (nSPS) is 15.0. The van der Waals surface area contributed by atoms with Crippen molar-refractivity contribution in [2.45, 2.75) is 19.9 Å². The van der Waals surface area contributed by atoms with Gasteiger partial charge in [0.2, 0.25) is 0 Å². The Hall–Kier alpha value is -1.30. The molecule has 0 amide bonds. The van der Waals surface area contributed by atoms with E-state index in [1.54, 1.807) is 11.3 Å². The molecule has 0 aliphatic carbocycles. The van der Waals surface area contributed by atoms with E-state index in [9.17, 15) is 0 Å². The van der Waals surface area contributed by atoms with Crippen LogP contribution in [-0.2, 0) is 0 Å². The average molecular weight is 325 g/mol. The highest BCUT2D eigenvalue weighted by Crippen LogP contribution is 2.41. The molecule has 21 heavy (non-hydrogen) atoms. The van der Waals surface area contributed by atoms with Crippen LogP contribution >= 0.6 is 22.9 Å². The van der Waals surface area contributed by atoms with Crippen molar-refractivity contribution in [3.8, 4) is 11.5 Å². The number of aromatic nitrogens is 1. The smallest absolute Gasteiger partial charge is 0.179 e. The third-order valence-electron chi connectivity index (χ3n) is 3.53. The van der Waals surface area contributed by atoms with E-state index in [0.29, 0.717) is 29.7 Å². The number of nitrogens with zero attached hydrogens (tertiary/aromatic N) is 1. The van der Waals surface area contributed by atoms with Crippen LogP contribution in [0.3, 0.4) is 0 Å². The Kier molecular flexibility index (Phi) is 4.06. The average Bonchev–Trinajstić information content (AvgIpc) is 2.79. The molecule has 1 aromatic heterocycles. The molecule has 2 heterocycles. The van der Waals surface area contributed by atoms with E-state index < -0.39 is 0 Å². The molecule has 1 aliphatic heterocycles. The lowest BCUT2D eigenvalue weighted by atomic mass is 10.1. The van der Waals surface area contributed by atoms with E-state index in [4.69, 9.17) is 21.1 Å². The Morgan fingerprint density at radius 3 is 2.71 bits per heavy atom. The van der Waals surface area contributed by atoms with Crippen molar-refractivity contribution in [2.24, 2.45) is 0 Å². The quantitative estimate of drug-likeness (QED) is 0.938. The Morgan fingerprint density at radius 1 is 1.29 bits per heavy atom. The van der Waals surface area contributed by atoms with Gasteiger partial charge in [-0.2, -0.15) is 0 Å². The van der Waals surface area contributed by atoms with Gasteiger partial charge in [0.15, 0.2) is 11.5 Å². The van der Waals surface area contributed by atoms with Crippen LogP contribution < -0.4 is 14.8 Å². The van der Waals surface area contributed by atoms with Crippen molar-refractivity contribution >= 4 is 22.9 Å². The molecule has 0 saturated carbocycles. The maximum atomic E-state index is 6.32. The summed E-state index contributed by atoms with van der Waals surface area (Å²) in [7, 11) is 1.92. The zero-order valence-corrected chi connectivity index (χ0v) is 13.8. The fourth-order valence-corrected chi connectivity index (χ4v) is 3.69. The van der Waals surface area contributed by atoms with Crippen LogP contribution in [0.5, 0.6) is 11.5 Å². The second kappa shape index (κ2) is 5.83. The van der Waals surface area contributed by atoms with Crippen molar-refractivity contribution in [3.63, 3.8) is 0 Å². The van der Waals surface area contributed by atoms with Crippen molar-refractivity contribution < 1.29 is 9.47 Å². The molecule has 0 radical (unpaired) electrons. The minimum absolute atomic E-state index is 0.00396. The lowest BCUT2D eigenvalue weighted by Crippen LogP contribution is -2.20. The van der Waals surface area contributed by atoms with Crippen molar-refractivity contribution in [1.29, 1.82) is 0 Å². The summed E-state index contributed by atoms with van der Waals surface area (Å²) >= 11 is 8.02. The number of rotatable bonds is 3. The number of aryl methyl sites for hydroxylation is 2. The van der Waals surface area contributed by atoms with Crippen LogP contribution in [0.4, 0.5) is 0 Å². The van der Waals surface area contributed by atoms with Gasteiger partial charge in [0, 0.05) is 4.88 Å². The molecule has 0 bridgehead atoms. The van der Waals surface area contributed by atoms with Gasteiger partial charge in [0.1, 0.15) is 18.2 Å². The van der Waals surface area contributed by atoms with Crippen molar-refractivity contribution in [3.05, 3.63) is 38.3 Å². The van der Waals surface area contributed by atoms with Crippen LogP contribution in [0.15, 0.2) is 12.1 Å². The molecule has 4 nitrogen and oxygen atoms in total. The fraction of sp³-hybridized carbons (Fsp3) is 0.400. The van der Waals surface area contributed by atoms with Crippen LogP contribution in [0, 0.1) is 13.8 Å². The van der Waals surface area contributed by atoms with Gasteiger partial charge in [-0.05, 0) is 38.6 Å². The Morgan fingerprint density at radius 2 is 2.05 bits per heavy atom. The van der Waals surface area contributed by atoms with Gasteiger partial charge in [-0.15, -0.1) is 11.3 Å². The molecule has 6 heteroatoms. The maximum absolute atomic E-state index is 6.32. The first-order valence-electron chi connectivity index (χ1n) is 6.80. The van der Waals surface area contributed by atoms with Crippen molar-refractivity contribution in [2.75, 3.05) is 20.3 Å². The topological polar surface area (TPSA) is 43.4 Å². The minimum atomic E-state index is -0.00396. The van der Waals surface area contributed by atoms with Gasteiger partial charge in [-0.3, -0.25) is 0 Å². The van der Waals surface area contributed by atoms with Crippen LogP contribution in [0.1, 0.15) is 27.2 Å². The number of halogens is 1. The highest BCUT2D eigenvalue weighted by molar-refractivity contribution is 7.11. The molecule has 0 saturated heterocycles. The van der Waals surface area contributed by atoms with E-state index in [2.05, 4.69) is 17.2 Å². The second-order valence-corrected chi connectivity index (χ2v) is 6.58. The molecule has 0 fully saturated rings. The van der Waals surface area contributed by atoms with E-state index in [1.807, 2.05) is 26.1 Å². The summed E-state index contributed by atoms with van der Waals surface area (Å²) < 4.78 is 11.2. The molecular formula is C15H17ClN2O2S. The zero-order valence-electron chi connectivity index (χ0n) is 12.2. The number of benzene rings is 1. The fourth-order valence-electron chi connectivity index (χ4n) is 2.35. The first kappa shape index (κ1) is 14.6. The summed E-state index contributed by atoms with van der Waals surface area (Å²) in [5.41, 5.74) is 2.10. The molecule has 1 N–H and O–H groups in total. The molecular weight excluding hydrogens is 308 g/mol. The van der Waals surface area contributed by atoms with Gasteiger partial charge in [-0.1, -0.05) is 11.6 Å². The largest absolute Gasteiger partial charge is 0.486 e. The number of ether oxygens (including phenoxy) is 2. The number of fused-ring (bicyclic) bond motifs is 1. The van der Waals surface area contributed by atoms with Crippen LogP contribution in [0.2, 0.25) is 5.02 Å². The van der Waals surface area contributed by atoms with Gasteiger partial charge in [-0.25, -0.2) is 4.98 Å². The number of nitrogens with one attached hydrogen (secondary N) is 1. The summed E-state index contributed by atoms with van der Waals surface area (Å²) in [6.45, 7) is 5.19. The van der Waals surface area contributed by atoms with Crippen molar-refractivity contribution in [1.82, 2.24) is 10.3 Å². The Balaban J connectivity index is 2.03. The summed E-state index contributed by atoms with van der Waals surface area (Å²) in [6.07, 6.45) is 0. The zero-order chi connectivity index (χ0) is 15.0. The molecule has 1 aliphatic rings. The third kappa shape index (κ3) is 2.73. The predicted octanol–water partition coefficient (Wildman–Crippen LogP) is 3.49. The molecule has 0 spiro atoms. The van der Waals surface area contributed by atoms with Gasteiger partial charge in [0.25, 0.3) is 0 Å². The van der Waals surface area contributed by atoms with Gasteiger partial charge < -0.3 is 14.8 Å². The monoisotopic (exact) mass is 324 g/mol. The summed E-state index contributed by atoms with van der Waals surface area (Å²) in [6, 6.07) is 3.89. The summed E-state index contributed by atoms with van der Waals surface area (Å²) in [5, 5.41) is 4.91. The van der Waals surface area contributed by atoms with Gasteiger partial charge >= 0.3 is 0 Å². The van der Waals surface area contributed by atoms with E-state index >= 15 is 0 Å². The van der Waals surface area contributed by atoms with Gasteiger partial charge in [0.05, 0.1) is 16.8 Å². The first-order valence-corrected chi connectivity index (χ1v) is 8.00. The highest BCUT2D eigenvalue weighted by atomic mass is 35.5. The lowest BCUT2D eigenvalue weighted by Gasteiger charge is -2.22. The predicted molar refractivity (Wildman–Crippen MR) is 84.9 cm³/mol. The molecule has 1 unspecified atom stereocenters. The molecule has 3 rings (SSSR count). The third-order valence-corrected chi connectivity index (χ3v) is 4.95. The maximum Gasteiger partial charge on any atom is 0.179 e. The van der Waals surface area contributed by atoms with Crippen LogP contribution in [-0.4, -0.2) is 25.2 Å². The number of thiazole rings is 1. The lowest BCUT2D eigenvalue weighted by molar-refractivity contribution is 0.171. The highest BCUT2D eigenvalue weighted by Gasteiger charge is 2.22. The number of hydrogen-bond donors (Lipinski definition) is 1. The minimum Gasteiger partial charge on any atom is -0.486 e. The van der Waals surface area contributed by atoms with E-state index in [-0.39, 0.29) is 6.04 Å². The summed E-state index contributed by atoms with van der Waals surface area (Å²) in [5.74, 6) is 1.34. The molecule has 2 aromatic rings. The first-order chi connectivity index (χ1) is 10.1. The molecule has 112 valence electrons. The Labute approximate surface area is 133 Å². The number of hydrogen-bond acceptors (Lipinski definition) is 5.